The molecule has 3 rings (SSSR count). The van der Waals surface area contributed by atoms with Crippen molar-refractivity contribution in [1.82, 2.24) is 15.4 Å². The Morgan fingerprint density at radius 1 is 1.22 bits per heavy atom. The lowest BCUT2D eigenvalue weighted by Gasteiger charge is -2.25. The summed E-state index contributed by atoms with van der Waals surface area (Å²) in [7, 11) is 0. The Kier molecular flexibility index (Phi) is 3.67. The zero-order valence-corrected chi connectivity index (χ0v) is 13.4. The number of nitrogens with zero attached hydrogens (tertiary/aromatic N) is 2. The molecule has 1 aliphatic rings. The van der Waals surface area contributed by atoms with Gasteiger partial charge in [0.2, 0.25) is 0 Å². The second-order valence-corrected chi connectivity index (χ2v) is 5.75. The third-order valence-electron chi connectivity index (χ3n) is 4.47. The summed E-state index contributed by atoms with van der Waals surface area (Å²) >= 11 is 0. The quantitative estimate of drug-likeness (QED) is 0.881. The highest BCUT2D eigenvalue weighted by Crippen LogP contribution is 2.33. The molecule has 6 nitrogen and oxygen atoms in total. The molecule has 1 N–H and O–H groups in total. The highest BCUT2D eigenvalue weighted by Gasteiger charge is 2.51. The van der Waals surface area contributed by atoms with Gasteiger partial charge in [-0.25, -0.2) is 4.79 Å². The summed E-state index contributed by atoms with van der Waals surface area (Å²) < 4.78 is 5.12. The summed E-state index contributed by atoms with van der Waals surface area (Å²) in [5, 5.41) is 6.75. The van der Waals surface area contributed by atoms with Crippen molar-refractivity contribution in [3.8, 4) is 0 Å². The molecule has 0 saturated carbocycles. The third kappa shape index (κ3) is 2.30. The number of rotatable bonds is 4. The lowest BCUT2D eigenvalue weighted by molar-refractivity contribution is -0.132. The smallest absolute Gasteiger partial charge is 0.325 e. The maximum absolute atomic E-state index is 13.0. The molecule has 0 unspecified atom stereocenters. The van der Waals surface area contributed by atoms with Crippen molar-refractivity contribution in [2.45, 2.75) is 39.3 Å². The first-order chi connectivity index (χ1) is 11.0. The predicted molar refractivity (Wildman–Crippen MR) is 83.5 cm³/mol. The minimum Gasteiger partial charge on any atom is -0.361 e. The van der Waals surface area contributed by atoms with E-state index in [1.54, 1.807) is 13.8 Å². The van der Waals surface area contributed by atoms with Gasteiger partial charge in [-0.1, -0.05) is 42.4 Å². The maximum atomic E-state index is 13.0. The average molecular weight is 313 g/mol. The van der Waals surface area contributed by atoms with E-state index in [-0.39, 0.29) is 18.5 Å². The van der Waals surface area contributed by atoms with Crippen molar-refractivity contribution in [3.63, 3.8) is 0 Å². The first kappa shape index (κ1) is 15.3. The topological polar surface area (TPSA) is 75.4 Å². The van der Waals surface area contributed by atoms with Crippen LogP contribution < -0.4 is 5.32 Å². The Morgan fingerprint density at radius 3 is 2.48 bits per heavy atom. The molecule has 120 valence electrons. The van der Waals surface area contributed by atoms with Crippen molar-refractivity contribution in [2.24, 2.45) is 0 Å². The first-order valence-corrected chi connectivity index (χ1v) is 7.61. The molecule has 0 spiro atoms. The SMILES string of the molecule is CC[C@]1(c2ccccc2)NC(=O)N(Cc2c(C)noc2C)C1=O. The molecule has 1 fully saturated rings. The van der Waals surface area contributed by atoms with E-state index in [0.29, 0.717) is 17.9 Å². The monoisotopic (exact) mass is 313 g/mol. The molecule has 6 heteroatoms. The normalized spacial score (nSPS) is 20.9. The van der Waals surface area contributed by atoms with E-state index in [2.05, 4.69) is 10.5 Å². The van der Waals surface area contributed by atoms with Crippen molar-refractivity contribution in [3.05, 3.63) is 52.9 Å². The number of hydrogen-bond donors (Lipinski definition) is 1. The Balaban J connectivity index is 1.96. The largest absolute Gasteiger partial charge is 0.361 e. The molecule has 0 aliphatic carbocycles. The molecule has 3 amide bonds. The van der Waals surface area contributed by atoms with Crippen LogP contribution in [0.5, 0.6) is 0 Å². The van der Waals surface area contributed by atoms with Crippen LogP contribution in [0.15, 0.2) is 34.9 Å². The molecule has 2 heterocycles. The zero-order chi connectivity index (χ0) is 16.6. The lowest BCUT2D eigenvalue weighted by atomic mass is 9.87. The van der Waals surface area contributed by atoms with Crippen LogP contribution in [-0.2, 0) is 16.9 Å². The van der Waals surface area contributed by atoms with E-state index in [1.807, 2.05) is 37.3 Å². The molecule has 1 aliphatic heterocycles. The van der Waals surface area contributed by atoms with Gasteiger partial charge in [0.15, 0.2) is 0 Å². The summed E-state index contributed by atoms with van der Waals surface area (Å²) in [6.45, 7) is 5.64. The van der Waals surface area contributed by atoms with Crippen molar-refractivity contribution >= 4 is 11.9 Å². The maximum Gasteiger partial charge on any atom is 0.325 e. The third-order valence-corrected chi connectivity index (χ3v) is 4.47. The van der Waals surface area contributed by atoms with Crippen molar-refractivity contribution in [2.75, 3.05) is 0 Å². The second-order valence-electron chi connectivity index (χ2n) is 5.75. The average Bonchev–Trinajstić information content (AvgIpc) is 3.01. The Bertz CT molecular complexity index is 734. The Labute approximate surface area is 134 Å². The fourth-order valence-corrected chi connectivity index (χ4v) is 3.02. The molecule has 2 aromatic rings. The van der Waals surface area contributed by atoms with Gasteiger partial charge in [0, 0.05) is 5.56 Å². The minimum atomic E-state index is -1.00. The highest BCUT2D eigenvalue weighted by molar-refractivity contribution is 6.07. The van der Waals surface area contributed by atoms with Crippen LogP contribution in [0.4, 0.5) is 4.79 Å². The van der Waals surface area contributed by atoms with Crippen LogP contribution in [0.2, 0.25) is 0 Å². The molecule has 1 atom stereocenters. The predicted octanol–water partition coefficient (Wildman–Crippen LogP) is 2.65. The molecule has 0 radical (unpaired) electrons. The van der Waals surface area contributed by atoms with Gasteiger partial charge in [0.1, 0.15) is 11.3 Å². The van der Waals surface area contributed by atoms with Crippen LogP contribution >= 0.6 is 0 Å². The number of imide groups is 1. The molecule has 0 bridgehead atoms. The zero-order valence-electron chi connectivity index (χ0n) is 13.4. The summed E-state index contributed by atoms with van der Waals surface area (Å²) in [6, 6.07) is 8.95. The van der Waals surface area contributed by atoms with Crippen molar-refractivity contribution in [1.29, 1.82) is 0 Å². The molecule has 1 aromatic carbocycles. The fraction of sp³-hybridized carbons (Fsp3) is 0.353. The number of aryl methyl sites for hydroxylation is 2. The van der Waals surface area contributed by atoms with E-state index in [1.165, 1.54) is 4.90 Å². The number of benzene rings is 1. The van der Waals surface area contributed by atoms with Crippen LogP contribution in [0.25, 0.3) is 0 Å². The van der Waals surface area contributed by atoms with E-state index in [0.717, 1.165) is 11.1 Å². The summed E-state index contributed by atoms with van der Waals surface area (Å²) in [5.41, 5.74) is 1.25. The van der Waals surface area contributed by atoms with Gasteiger partial charge < -0.3 is 9.84 Å². The Hall–Kier alpha value is -2.63. The fourth-order valence-electron chi connectivity index (χ4n) is 3.02. The van der Waals surface area contributed by atoms with Gasteiger partial charge in [0.05, 0.1) is 12.2 Å². The van der Waals surface area contributed by atoms with E-state index >= 15 is 0 Å². The number of aromatic nitrogens is 1. The van der Waals surface area contributed by atoms with Gasteiger partial charge >= 0.3 is 6.03 Å². The Morgan fingerprint density at radius 2 is 1.91 bits per heavy atom. The van der Waals surface area contributed by atoms with Gasteiger partial charge in [-0.15, -0.1) is 0 Å². The molecule has 23 heavy (non-hydrogen) atoms. The number of urea groups is 1. The van der Waals surface area contributed by atoms with Crippen molar-refractivity contribution < 1.29 is 14.1 Å². The van der Waals surface area contributed by atoms with E-state index < -0.39 is 5.54 Å². The van der Waals surface area contributed by atoms with Gasteiger partial charge in [0.25, 0.3) is 5.91 Å². The van der Waals surface area contributed by atoms with Gasteiger partial charge in [-0.05, 0) is 25.8 Å². The summed E-state index contributed by atoms with van der Waals surface area (Å²) in [6.07, 6.45) is 0.486. The van der Waals surface area contributed by atoms with Crippen LogP contribution in [0.1, 0.15) is 35.9 Å². The first-order valence-electron chi connectivity index (χ1n) is 7.61. The minimum absolute atomic E-state index is 0.167. The molecule has 1 saturated heterocycles. The number of carbonyl (C=O) groups excluding carboxylic acids is 2. The second kappa shape index (κ2) is 5.53. The lowest BCUT2D eigenvalue weighted by Crippen LogP contribution is -2.43. The number of amides is 3. The van der Waals surface area contributed by atoms with Gasteiger partial charge in [-0.3, -0.25) is 9.69 Å². The summed E-state index contributed by atoms with van der Waals surface area (Å²) in [5.74, 6) is 0.382. The number of nitrogens with one attached hydrogen (secondary N) is 1. The van der Waals surface area contributed by atoms with Crippen LogP contribution in [-0.4, -0.2) is 22.0 Å². The van der Waals surface area contributed by atoms with Crippen LogP contribution in [0.3, 0.4) is 0 Å². The highest BCUT2D eigenvalue weighted by atomic mass is 16.5. The molecular formula is C17H19N3O3. The van der Waals surface area contributed by atoms with Crippen LogP contribution in [0, 0.1) is 13.8 Å². The molecule has 1 aromatic heterocycles. The van der Waals surface area contributed by atoms with E-state index in [4.69, 9.17) is 4.52 Å². The number of hydrogen-bond acceptors (Lipinski definition) is 4. The summed E-state index contributed by atoms with van der Waals surface area (Å²) in [4.78, 5) is 26.7. The standard InChI is InChI=1S/C17H19N3O3/c1-4-17(13-8-6-5-7-9-13)15(21)20(16(22)18-17)10-14-11(2)19-23-12(14)3/h5-9H,4,10H2,1-3H3,(H,18,22)/t17-/m1/s1. The van der Waals surface area contributed by atoms with Gasteiger partial charge in [-0.2, -0.15) is 0 Å². The number of carbonyl (C=O) groups is 2. The van der Waals surface area contributed by atoms with E-state index in [9.17, 15) is 9.59 Å². The molecular weight excluding hydrogens is 294 g/mol.